The summed E-state index contributed by atoms with van der Waals surface area (Å²) in [5, 5.41) is 10.3. The van der Waals surface area contributed by atoms with Gasteiger partial charge in [-0.15, -0.1) is 0 Å². The number of nitrogens with zero attached hydrogens (tertiary/aromatic N) is 1. The summed E-state index contributed by atoms with van der Waals surface area (Å²) in [6, 6.07) is 6.02. The number of nitro groups is 1. The van der Waals surface area contributed by atoms with Crippen molar-refractivity contribution in [1.29, 1.82) is 0 Å². The fraction of sp³-hybridized carbons (Fsp3) is 0.400. The van der Waals surface area contributed by atoms with E-state index in [1.807, 2.05) is 20.8 Å². The minimum Gasteiger partial charge on any atom is -0.276 e. The number of anilines is 1. The Labute approximate surface area is 89.2 Å². The van der Waals surface area contributed by atoms with Gasteiger partial charge in [0.05, 0.1) is 17.2 Å². The molecule has 0 amide bonds. The van der Waals surface area contributed by atoms with Crippen molar-refractivity contribution in [2.75, 3.05) is 12.1 Å². The zero-order chi connectivity index (χ0) is 11.7. The Morgan fingerprint density at radius 2 is 1.87 bits per heavy atom. The highest BCUT2D eigenvalue weighted by Gasteiger charge is 2.02. The average molecular weight is 212 g/mol. The first kappa shape index (κ1) is 13.4. The molecule has 0 heterocycles. The van der Waals surface area contributed by atoms with Crippen LogP contribution in [0.5, 0.6) is 0 Å². The van der Waals surface area contributed by atoms with E-state index < -0.39 is 4.92 Å². The van der Waals surface area contributed by atoms with Gasteiger partial charge in [0.25, 0.3) is 5.69 Å². The minimum absolute atomic E-state index is 0.0713. The Kier molecular flexibility index (Phi) is 6.92. The molecular weight excluding hydrogens is 196 g/mol. The molecule has 0 radical (unpaired) electrons. The van der Waals surface area contributed by atoms with Gasteiger partial charge in [-0.05, 0) is 19.1 Å². The second-order valence-electron chi connectivity index (χ2n) is 2.34. The normalized spacial score (nSPS) is 8.73. The Morgan fingerprint density at radius 1 is 1.33 bits per heavy atom. The first-order valence-electron chi connectivity index (χ1n) is 4.86. The monoisotopic (exact) mass is 212 g/mol. The fourth-order valence-electron chi connectivity index (χ4n) is 0.807. The third-order valence-electron chi connectivity index (χ3n) is 1.41. The van der Waals surface area contributed by atoms with Crippen molar-refractivity contribution >= 4 is 11.4 Å². The van der Waals surface area contributed by atoms with E-state index in [4.69, 9.17) is 4.84 Å². The number of rotatable bonds is 4. The molecule has 1 N–H and O–H groups in total. The Balaban J connectivity index is 0.000000921. The molecule has 0 saturated carbocycles. The van der Waals surface area contributed by atoms with Crippen LogP contribution in [-0.2, 0) is 4.84 Å². The van der Waals surface area contributed by atoms with E-state index >= 15 is 0 Å². The predicted octanol–water partition coefficient (Wildman–Crippen LogP) is 2.98. The summed E-state index contributed by atoms with van der Waals surface area (Å²) in [5.41, 5.74) is 3.41. The number of nitrogens with one attached hydrogen (secondary N) is 1. The highest BCUT2D eigenvalue weighted by Crippen LogP contribution is 2.14. The lowest BCUT2D eigenvalue weighted by atomic mass is 10.3. The quantitative estimate of drug-likeness (QED) is 0.615. The largest absolute Gasteiger partial charge is 0.276 e. The topological polar surface area (TPSA) is 64.4 Å². The van der Waals surface area contributed by atoms with Crippen LogP contribution >= 0.6 is 0 Å². The summed E-state index contributed by atoms with van der Waals surface area (Å²) < 4.78 is 0. The lowest BCUT2D eigenvalue weighted by Gasteiger charge is -2.03. The molecule has 0 saturated heterocycles. The molecule has 0 aromatic heterocycles. The van der Waals surface area contributed by atoms with E-state index in [1.54, 1.807) is 12.1 Å². The molecule has 84 valence electrons. The second-order valence-corrected chi connectivity index (χ2v) is 2.34. The lowest BCUT2D eigenvalue weighted by Crippen LogP contribution is -1.99. The van der Waals surface area contributed by atoms with Gasteiger partial charge in [-0.2, -0.15) is 0 Å². The van der Waals surface area contributed by atoms with Crippen molar-refractivity contribution in [3.8, 4) is 0 Å². The van der Waals surface area contributed by atoms with Crippen LogP contribution in [0.25, 0.3) is 0 Å². The first-order valence-corrected chi connectivity index (χ1v) is 4.86. The minimum atomic E-state index is -0.440. The smallest absolute Gasteiger partial charge is 0.269 e. The molecule has 1 aromatic carbocycles. The summed E-state index contributed by atoms with van der Waals surface area (Å²) in [5.74, 6) is 0. The van der Waals surface area contributed by atoms with Crippen LogP contribution in [-0.4, -0.2) is 11.5 Å². The van der Waals surface area contributed by atoms with Crippen LogP contribution in [0.1, 0.15) is 20.8 Å². The zero-order valence-electron chi connectivity index (χ0n) is 9.19. The Morgan fingerprint density at radius 3 is 2.27 bits per heavy atom. The number of hydrogen-bond acceptors (Lipinski definition) is 4. The summed E-state index contributed by atoms with van der Waals surface area (Å²) in [6.07, 6.45) is 0. The van der Waals surface area contributed by atoms with E-state index in [0.29, 0.717) is 12.3 Å². The van der Waals surface area contributed by atoms with Crippen LogP contribution in [0.4, 0.5) is 11.4 Å². The van der Waals surface area contributed by atoms with Crippen molar-refractivity contribution in [3.63, 3.8) is 0 Å². The van der Waals surface area contributed by atoms with Gasteiger partial charge in [-0.3, -0.25) is 20.4 Å². The number of nitro benzene ring substituents is 1. The van der Waals surface area contributed by atoms with Gasteiger partial charge < -0.3 is 0 Å². The maximum atomic E-state index is 10.3. The van der Waals surface area contributed by atoms with Gasteiger partial charge in [0.2, 0.25) is 0 Å². The van der Waals surface area contributed by atoms with Gasteiger partial charge in [0.15, 0.2) is 0 Å². The van der Waals surface area contributed by atoms with Crippen LogP contribution in [0.3, 0.4) is 0 Å². The lowest BCUT2D eigenvalue weighted by molar-refractivity contribution is -0.384. The van der Waals surface area contributed by atoms with Crippen molar-refractivity contribution in [1.82, 2.24) is 0 Å². The SMILES string of the molecule is CC.CCONc1ccc([N+](=O)[O-])cc1. The molecule has 0 unspecified atom stereocenters. The Bertz CT molecular complexity index is 285. The molecule has 5 heteroatoms. The second kappa shape index (κ2) is 7.75. The van der Waals surface area contributed by atoms with Crippen molar-refractivity contribution in [2.45, 2.75) is 20.8 Å². The number of hydrogen-bond donors (Lipinski definition) is 1. The predicted molar refractivity (Wildman–Crippen MR) is 59.7 cm³/mol. The molecule has 0 fully saturated rings. The molecule has 1 aromatic rings. The molecule has 0 aliphatic heterocycles. The third-order valence-corrected chi connectivity index (χ3v) is 1.41. The van der Waals surface area contributed by atoms with Gasteiger partial charge in [0.1, 0.15) is 0 Å². The zero-order valence-corrected chi connectivity index (χ0v) is 9.19. The maximum Gasteiger partial charge on any atom is 0.269 e. The maximum absolute atomic E-state index is 10.3. The average Bonchev–Trinajstić information content (AvgIpc) is 2.29. The summed E-state index contributed by atoms with van der Waals surface area (Å²) in [6.45, 7) is 6.38. The van der Waals surface area contributed by atoms with Crippen LogP contribution in [0.2, 0.25) is 0 Å². The van der Waals surface area contributed by atoms with Gasteiger partial charge >= 0.3 is 0 Å². The van der Waals surface area contributed by atoms with Gasteiger partial charge in [-0.1, -0.05) is 13.8 Å². The molecule has 0 bridgehead atoms. The molecule has 0 aliphatic carbocycles. The van der Waals surface area contributed by atoms with Gasteiger partial charge in [0, 0.05) is 12.1 Å². The van der Waals surface area contributed by atoms with Crippen LogP contribution < -0.4 is 5.48 Å². The van der Waals surface area contributed by atoms with E-state index in [9.17, 15) is 10.1 Å². The van der Waals surface area contributed by atoms with E-state index in [1.165, 1.54) is 12.1 Å². The number of benzene rings is 1. The summed E-state index contributed by atoms with van der Waals surface area (Å²) in [7, 11) is 0. The number of non-ortho nitro benzene ring substituents is 1. The van der Waals surface area contributed by atoms with Crippen molar-refractivity contribution in [2.24, 2.45) is 0 Å². The highest BCUT2D eigenvalue weighted by molar-refractivity contribution is 5.46. The summed E-state index contributed by atoms with van der Waals surface area (Å²) >= 11 is 0. The molecule has 1 rings (SSSR count). The van der Waals surface area contributed by atoms with Crippen LogP contribution in [0, 0.1) is 10.1 Å². The summed E-state index contributed by atoms with van der Waals surface area (Å²) in [4.78, 5) is 14.7. The third kappa shape index (κ3) is 4.97. The van der Waals surface area contributed by atoms with E-state index in [0.717, 1.165) is 0 Å². The Hall–Kier alpha value is -1.62. The molecular formula is C10H16N2O3. The molecule has 15 heavy (non-hydrogen) atoms. The molecule has 0 atom stereocenters. The molecule has 5 nitrogen and oxygen atoms in total. The first-order chi connectivity index (χ1) is 7.24. The van der Waals surface area contributed by atoms with Gasteiger partial charge in [-0.25, -0.2) is 0 Å². The van der Waals surface area contributed by atoms with Crippen molar-refractivity contribution in [3.05, 3.63) is 34.4 Å². The van der Waals surface area contributed by atoms with Crippen molar-refractivity contribution < 1.29 is 9.76 Å². The van der Waals surface area contributed by atoms with E-state index in [2.05, 4.69) is 5.48 Å². The van der Waals surface area contributed by atoms with E-state index in [-0.39, 0.29) is 5.69 Å². The molecule has 0 aliphatic rings. The fourth-order valence-corrected chi connectivity index (χ4v) is 0.807. The highest BCUT2D eigenvalue weighted by atomic mass is 16.6. The van der Waals surface area contributed by atoms with Crippen LogP contribution in [0.15, 0.2) is 24.3 Å². The standard InChI is InChI=1S/C8H10N2O3.C2H6/c1-2-13-9-7-3-5-8(6-4-7)10(11)12;1-2/h3-6,9H,2H2,1H3;1-2H3. The molecule has 0 spiro atoms.